The number of aromatic nitrogens is 2. The standard InChI is InChI=1S/C19H19N3O3/c1-12(14-7-4-3-5-8-14)21-19(24)16-17(15-9-6-10-20-11-15)22-25-18(16)13(2)23/h3-13,23H,1-2H3,(H,21,24)/t12-,13+/m1/s1. The van der Waals surface area contributed by atoms with E-state index in [1.165, 1.54) is 6.92 Å². The van der Waals surface area contributed by atoms with Crippen molar-refractivity contribution in [2.24, 2.45) is 0 Å². The highest BCUT2D eigenvalue weighted by atomic mass is 16.5. The summed E-state index contributed by atoms with van der Waals surface area (Å²) in [6.07, 6.45) is 2.28. The minimum absolute atomic E-state index is 0.136. The van der Waals surface area contributed by atoms with Crippen LogP contribution in [0, 0.1) is 0 Å². The molecule has 2 aromatic heterocycles. The lowest BCUT2D eigenvalue weighted by Crippen LogP contribution is -2.27. The van der Waals surface area contributed by atoms with Crippen LogP contribution in [-0.2, 0) is 0 Å². The molecular weight excluding hydrogens is 318 g/mol. The van der Waals surface area contributed by atoms with Crippen LogP contribution in [0.15, 0.2) is 59.4 Å². The second-order valence-corrected chi connectivity index (χ2v) is 5.79. The monoisotopic (exact) mass is 337 g/mol. The normalized spacial score (nSPS) is 13.2. The van der Waals surface area contributed by atoms with Gasteiger partial charge < -0.3 is 14.9 Å². The third-order valence-electron chi connectivity index (χ3n) is 3.91. The number of hydrogen-bond acceptors (Lipinski definition) is 5. The SMILES string of the molecule is C[C@H](O)c1onc(-c2cccnc2)c1C(=O)N[C@H](C)c1ccccc1. The number of nitrogens with zero attached hydrogens (tertiary/aromatic N) is 2. The molecule has 0 spiro atoms. The molecule has 0 fully saturated rings. The average molecular weight is 337 g/mol. The zero-order chi connectivity index (χ0) is 17.8. The Morgan fingerprint density at radius 1 is 1.16 bits per heavy atom. The van der Waals surface area contributed by atoms with Crippen molar-refractivity contribution in [3.63, 3.8) is 0 Å². The van der Waals surface area contributed by atoms with Crippen LogP contribution >= 0.6 is 0 Å². The molecule has 0 aliphatic carbocycles. The van der Waals surface area contributed by atoms with Crippen LogP contribution in [0.3, 0.4) is 0 Å². The number of amides is 1. The first-order chi connectivity index (χ1) is 12.1. The van der Waals surface area contributed by atoms with Gasteiger partial charge in [0.15, 0.2) is 5.76 Å². The Bertz CT molecular complexity index is 845. The molecule has 0 saturated carbocycles. The molecule has 6 heteroatoms. The van der Waals surface area contributed by atoms with Gasteiger partial charge in [0, 0.05) is 18.0 Å². The lowest BCUT2D eigenvalue weighted by molar-refractivity contribution is 0.0927. The molecule has 6 nitrogen and oxygen atoms in total. The van der Waals surface area contributed by atoms with Crippen molar-refractivity contribution in [1.29, 1.82) is 0 Å². The van der Waals surface area contributed by atoms with E-state index in [2.05, 4.69) is 15.5 Å². The smallest absolute Gasteiger partial charge is 0.257 e. The minimum Gasteiger partial charge on any atom is -0.385 e. The van der Waals surface area contributed by atoms with Crippen LogP contribution in [-0.4, -0.2) is 21.2 Å². The summed E-state index contributed by atoms with van der Waals surface area (Å²) < 4.78 is 5.23. The lowest BCUT2D eigenvalue weighted by atomic mass is 10.0. The number of rotatable bonds is 5. The van der Waals surface area contributed by atoms with Crippen molar-refractivity contribution in [2.75, 3.05) is 0 Å². The maximum atomic E-state index is 12.9. The topological polar surface area (TPSA) is 88.2 Å². The molecule has 1 amide bonds. The van der Waals surface area contributed by atoms with Crippen molar-refractivity contribution in [3.8, 4) is 11.3 Å². The predicted octanol–water partition coefficient (Wildman–Crippen LogP) is 3.28. The van der Waals surface area contributed by atoms with Crippen LogP contribution < -0.4 is 5.32 Å². The fourth-order valence-electron chi connectivity index (χ4n) is 2.60. The quantitative estimate of drug-likeness (QED) is 0.746. The summed E-state index contributed by atoms with van der Waals surface area (Å²) in [5, 5.41) is 16.8. The zero-order valence-corrected chi connectivity index (χ0v) is 14.0. The Labute approximate surface area is 145 Å². The van der Waals surface area contributed by atoms with Gasteiger partial charge in [-0.2, -0.15) is 0 Å². The fourth-order valence-corrected chi connectivity index (χ4v) is 2.60. The van der Waals surface area contributed by atoms with Gasteiger partial charge in [-0.15, -0.1) is 0 Å². The second kappa shape index (κ2) is 7.27. The van der Waals surface area contributed by atoms with Crippen LogP contribution in [0.2, 0.25) is 0 Å². The molecule has 2 atom stereocenters. The van der Waals surface area contributed by atoms with Gasteiger partial charge in [0.2, 0.25) is 0 Å². The third kappa shape index (κ3) is 3.59. The third-order valence-corrected chi connectivity index (χ3v) is 3.91. The molecular formula is C19H19N3O3. The molecule has 0 bridgehead atoms. The Kier molecular flexibility index (Phi) is 4.90. The highest BCUT2D eigenvalue weighted by Gasteiger charge is 2.27. The molecule has 128 valence electrons. The molecule has 3 rings (SSSR count). The Morgan fingerprint density at radius 3 is 2.56 bits per heavy atom. The van der Waals surface area contributed by atoms with Gasteiger partial charge in [-0.25, -0.2) is 0 Å². The summed E-state index contributed by atoms with van der Waals surface area (Å²) in [4.78, 5) is 16.9. The van der Waals surface area contributed by atoms with E-state index in [9.17, 15) is 9.90 Å². The number of nitrogens with one attached hydrogen (secondary N) is 1. The minimum atomic E-state index is -0.953. The highest BCUT2D eigenvalue weighted by Crippen LogP contribution is 2.29. The van der Waals surface area contributed by atoms with Gasteiger partial charge in [-0.05, 0) is 31.5 Å². The van der Waals surface area contributed by atoms with Gasteiger partial charge in [-0.1, -0.05) is 35.5 Å². The highest BCUT2D eigenvalue weighted by molar-refractivity contribution is 6.01. The Balaban J connectivity index is 1.95. The first kappa shape index (κ1) is 16.9. The summed E-state index contributed by atoms with van der Waals surface area (Å²) >= 11 is 0. The Morgan fingerprint density at radius 2 is 1.92 bits per heavy atom. The number of pyridine rings is 1. The van der Waals surface area contributed by atoms with Crippen molar-refractivity contribution >= 4 is 5.91 Å². The van der Waals surface area contributed by atoms with Gasteiger partial charge in [0.05, 0.1) is 6.04 Å². The molecule has 1 aromatic carbocycles. The van der Waals surface area contributed by atoms with Gasteiger partial charge >= 0.3 is 0 Å². The second-order valence-electron chi connectivity index (χ2n) is 5.79. The molecule has 2 N–H and O–H groups in total. The van der Waals surface area contributed by atoms with E-state index in [1.54, 1.807) is 24.5 Å². The van der Waals surface area contributed by atoms with E-state index < -0.39 is 6.10 Å². The van der Waals surface area contributed by atoms with E-state index in [0.29, 0.717) is 11.3 Å². The Hall–Kier alpha value is -2.99. The summed E-state index contributed by atoms with van der Waals surface area (Å²) in [5.41, 5.74) is 2.22. The summed E-state index contributed by atoms with van der Waals surface area (Å²) in [5.74, 6) is -0.219. The van der Waals surface area contributed by atoms with E-state index in [-0.39, 0.29) is 23.3 Å². The lowest BCUT2D eigenvalue weighted by Gasteiger charge is -2.15. The maximum absolute atomic E-state index is 12.9. The van der Waals surface area contributed by atoms with Crippen LogP contribution in [0.25, 0.3) is 11.3 Å². The van der Waals surface area contributed by atoms with Crippen molar-refractivity contribution in [1.82, 2.24) is 15.5 Å². The number of aliphatic hydroxyl groups is 1. The van der Waals surface area contributed by atoms with Crippen molar-refractivity contribution in [2.45, 2.75) is 26.0 Å². The van der Waals surface area contributed by atoms with E-state index in [1.807, 2.05) is 37.3 Å². The number of aliphatic hydroxyl groups excluding tert-OH is 1. The van der Waals surface area contributed by atoms with Crippen LogP contribution in [0.4, 0.5) is 0 Å². The first-order valence-corrected chi connectivity index (χ1v) is 8.01. The molecule has 0 radical (unpaired) electrons. The molecule has 0 aliphatic heterocycles. The summed E-state index contributed by atoms with van der Waals surface area (Å²) in [6, 6.07) is 13.0. The largest absolute Gasteiger partial charge is 0.385 e. The number of carbonyl (C=O) groups is 1. The van der Waals surface area contributed by atoms with E-state index in [4.69, 9.17) is 4.52 Å². The summed E-state index contributed by atoms with van der Waals surface area (Å²) in [7, 11) is 0. The predicted molar refractivity (Wildman–Crippen MR) is 92.7 cm³/mol. The molecule has 0 unspecified atom stereocenters. The van der Waals surface area contributed by atoms with Crippen molar-refractivity contribution in [3.05, 3.63) is 71.7 Å². The van der Waals surface area contributed by atoms with Crippen molar-refractivity contribution < 1.29 is 14.4 Å². The maximum Gasteiger partial charge on any atom is 0.257 e. The number of carbonyl (C=O) groups excluding carboxylic acids is 1. The number of hydrogen-bond donors (Lipinski definition) is 2. The molecule has 0 saturated heterocycles. The molecule has 2 heterocycles. The molecule has 25 heavy (non-hydrogen) atoms. The first-order valence-electron chi connectivity index (χ1n) is 8.01. The van der Waals surface area contributed by atoms with Crippen LogP contribution in [0.5, 0.6) is 0 Å². The number of benzene rings is 1. The zero-order valence-electron chi connectivity index (χ0n) is 14.0. The average Bonchev–Trinajstić information content (AvgIpc) is 3.08. The molecule has 3 aromatic rings. The molecule has 0 aliphatic rings. The van der Waals surface area contributed by atoms with E-state index in [0.717, 1.165) is 5.56 Å². The van der Waals surface area contributed by atoms with Crippen LogP contribution in [0.1, 0.15) is 47.7 Å². The fraction of sp³-hybridized carbons (Fsp3) is 0.211. The summed E-state index contributed by atoms with van der Waals surface area (Å²) in [6.45, 7) is 3.43. The van der Waals surface area contributed by atoms with Gasteiger partial charge in [0.1, 0.15) is 17.4 Å². The van der Waals surface area contributed by atoms with Gasteiger partial charge in [0.25, 0.3) is 5.91 Å². The van der Waals surface area contributed by atoms with E-state index >= 15 is 0 Å². The van der Waals surface area contributed by atoms with Gasteiger partial charge in [-0.3, -0.25) is 9.78 Å².